The third-order valence-corrected chi connectivity index (χ3v) is 2.57. The maximum Gasteiger partial charge on any atom is 0.132 e. The Labute approximate surface area is 99.3 Å². The number of aromatic nitrogens is 1. The van der Waals surface area contributed by atoms with Gasteiger partial charge in [-0.15, -0.1) is 0 Å². The van der Waals surface area contributed by atoms with E-state index >= 15 is 0 Å². The minimum absolute atomic E-state index is 0.669. The van der Waals surface area contributed by atoms with Crippen LogP contribution in [0.1, 0.15) is 5.56 Å². The quantitative estimate of drug-likeness (QED) is 0.836. The van der Waals surface area contributed by atoms with Crippen molar-refractivity contribution in [3.8, 4) is 0 Å². The number of nitrogens with two attached hydrogens (primary N) is 1. The number of hydrogen-bond acceptors (Lipinski definition) is 3. The molecule has 0 spiro atoms. The zero-order valence-electron chi connectivity index (χ0n) is 8.87. The van der Waals surface area contributed by atoms with Crippen LogP contribution in [-0.4, -0.2) is 4.98 Å². The monoisotopic (exact) mass is 233 g/mol. The normalized spacial score (nSPS) is 10.1. The lowest BCUT2D eigenvalue weighted by Crippen LogP contribution is -1.97. The average Bonchev–Trinajstić information content (AvgIpc) is 2.24. The number of nitrogens with one attached hydrogen (secondary N) is 1. The number of benzene rings is 1. The number of para-hydroxylation sites is 1. The van der Waals surface area contributed by atoms with Crippen LogP contribution in [-0.2, 0) is 0 Å². The summed E-state index contributed by atoms with van der Waals surface area (Å²) in [5.74, 6) is 0.691. The molecular formula is C12H12ClN3. The summed E-state index contributed by atoms with van der Waals surface area (Å²) < 4.78 is 0. The predicted molar refractivity (Wildman–Crippen MR) is 68.1 cm³/mol. The van der Waals surface area contributed by atoms with Crippen LogP contribution in [0.15, 0.2) is 36.5 Å². The first-order valence-corrected chi connectivity index (χ1v) is 5.28. The van der Waals surface area contributed by atoms with E-state index in [0.717, 1.165) is 11.3 Å². The molecule has 82 valence electrons. The molecule has 1 heterocycles. The van der Waals surface area contributed by atoms with Crippen molar-refractivity contribution < 1.29 is 0 Å². The summed E-state index contributed by atoms with van der Waals surface area (Å²) in [4.78, 5) is 4.17. The topological polar surface area (TPSA) is 50.9 Å². The van der Waals surface area contributed by atoms with E-state index in [4.69, 9.17) is 17.3 Å². The van der Waals surface area contributed by atoms with E-state index < -0.39 is 0 Å². The van der Waals surface area contributed by atoms with Gasteiger partial charge in [0.2, 0.25) is 0 Å². The first-order chi connectivity index (χ1) is 7.66. The number of pyridine rings is 1. The Hall–Kier alpha value is -1.74. The van der Waals surface area contributed by atoms with Gasteiger partial charge in [-0.3, -0.25) is 0 Å². The van der Waals surface area contributed by atoms with E-state index in [1.807, 2.05) is 25.1 Å². The number of nitrogen functional groups attached to an aromatic ring is 1. The minimum atomic E-state index is 0.669. The predicted octanol–water partition coefficient (Wildman–Crippen LogP) is 3.37. The van der Waals surface area contributed by atoms with Gasteiger partial charge in [-0.05, 0) is 24.6 Å². The van der Waals surface area contributed by atoms with Gasteiger partial charge in [0.1, 0.15) is 5.82 Å². The summed E-state index contributed by atoms with van der Waals surface area (Å²) in [5, 5.41) is 3.83. The summed E-state index contributed by atoms with van der Waals surface area (Å²) in [6.07, 6.45) is 1.66. The molecule has 4 heteroatoms. The fraction of sp³-hybridized carbons (Fsp3) is 0.0833. The van der Waals surface area contributed by atoms with Gasteiger partial charge < -0.3 is 11.1 Å². The summed E-state index contributed by atoms with van der Waals surface area (Å²) in [6, 6.07) is 9.24. The van der Waals surface area contributed by atoms with Gasteiger partial charge >= 0.3 is 0 Å². The maximum atomic E-state index is 6.10. The van der Waals surface area contributed by atoms with Crippen LogP contribution in [0, 0.1) is 6.92 Å². The molecule has 0 aliphatic heterocycles. The van der Waals surface area contributed by atoms with Gasteiger partial charge in [-0.2, -0.15) is 0 Å². The molecule has 3 N–H and O–H groups in total. The Morgan fingerprint density at radius 3 is 2.81 bits per heavy atom. The molecular weight excluding hydrogens is 222 g/mol. The second kappa shape index (κ2) is 4.41. The molecule has 0 unspecified atom stereocenters. The number of hydrogen-bond donors (Lipinski definition) is 2. The molecule has 0 amide bonds. The highest BCUT2D eigenvalue weighted by atomic mass is 35.5. The standard InChI is InChI=1S/C12H12ClN3/c1-8-3-2-4-10(13)12(8)16-11-7-9(14)5-6-15-11/h2-7H,1H3,(H3,14,15,16). The third-order valence-electron chi connectivity index (χ3n) is 2.26. The van der Waals surface area contributed by atoms with Gasteiger partial charge in [-0.1, -0.05) is 23.7 Å². The highest BCUT2D eigenvalue weighted by Gasteiger charge is 2.04. The Morgan fingerprint density at radius 1 is 1.31 bits per heavy atom. The molecule has 0 radical (unpaired) electrons. The average molecular weight is 234 g/mol. The molecule has 16 heavy (non-hydrogen) atoms. The van der Waals surface area contributed by atoms with Crippen LogP contribution in [0.3, 0.4) is 0 Å². The fourth-order valence-corrected chi connectivity index (χ4v) is 1.70. The summed E-state index contributed by atoms with van der Waals surface area (Å²) in [6.45, 7) is 1.99. The molecule has 0 saturated carbocycles. The van der Waals surface area contributed by atoms with Crippen molar-refractivity contribution in [2.45, 2.75) is 6.92 Å². The Balaban J connectivity index is 2.34. The number of rotatable bonds is 2. The van der Waals surface area contributed by atoms with Crippen LogP contribution in [0.2, 0.25) is 5.02 Å². The summed E-state index contributed by atoms with van der Waals surface area (Å²) >= 11 is 6.10. The van der Waals surface area contributed by atoms with E-state index in [-0.39, 0.29) is 0 Å². The fourth-order valence-electron chi connectivity index (χ4n) is 1.43. The first kappa shape index (κ1) is 10.8. The molecule has 0 bridgehead atoms. The molecule has 0 aliphatic carbocycles. The number of nitrogens with zero attached hydrogens (tertiary/aromatic N) is 1. The largest absolute Gasteiger partial charge is 0.399 e. The molecule has 1 aromatic heterocycles. The molecule has 3 nitrogen and oxygen atoms in total. The molecule has 0 fully saturated rings. The SMILES string of the molecule is Cc1cccc(Cl)c1Nc1cc(N)ccn1. The number of aryl methyl sites for hydroxylation is 1. The summed E-state index contributed by atoms with van der Waals surface area (Å²) in [7, 11) is 0. The Morgan fingerprint density at radius 2 is 2.12 bits per heavy atom. The van der Waals surface area contributed by atoms with E-state index in [1.165, 1.54) is 0 Å². The molecule has 2 aromatic rings. The van der Waals surface area contributed by atoms with Crippen molar-refractivity contribution in [3.63, 3.8) is 0 Å². The molecule has 0 atom stereocenters. The second-order valence-corrected chi connectivity index (χ2v) is 3.94. The van der Waals surface area contributed by atoms with E-state index in [2.05, 4.69) is 10.3 Å². The Bertz CT molecular complexity index is 491. The molecule has 0 saturated heterocycles. The highest BCUT2D eigenvalue weighted by molar-refractivity contribution is 6.33. The van der Waals surface area contributed by atoms with Gasteiger partial charge in [0.05, 0.1) is 10.7 Å². The van der Waals surface area contributed by atoms with E-state index in [9.17, 15) is 0 Å². The van der Waals surface area contributed by atoms with Crippen molar-refractivity contribution in [1.82, 2.24) is 4.98 Å². The van der Waals surface area contributed by atoms with Gasteiger partial charge in [-0.25, -0.2) is 4.98 Å². The first-order valence-electron chi connectivity index (χ1n) is 4.90. The van der Waals surface area contributed by atoms with Crippen molar-refractivity contribution in [2.75, 3.05) is 11.1 Å². The van der Waals surface area contributed by atoms with Gasteiger partial charge in [0.15, 0.2) is 0 Å². The number of halogens is 1. The number of anilines is 3. The Kier molecular flexibility index (Phi) is 2.97. The lowest BCUT2D eigenvalue weighted by Gasteiger charge is -2.10. The van der Waals surface area contributed by atoms with Crippen LogP contribution in [0.4, 0.5) is 17.2 Å². The van der Waals surface area contributed by atoms with Crippen LogP contribution < -0.4 is 11.1 Å². The van der Waals surface area contributed by atoms with Crippen molar-refractivity contribution in [2.24, 2.45) is 0 Å². The van der Waals surface area contributed by atoms with E-state index in [1.54, 1.807) is 18.3 Å². The zero-order valence-corrected chi connectivity index (χ0v) is 9.62. The lowest BCUT2D eigenvalue weighted by atomic mass is 10.2. The van der Waals surface area contributed by atoms with Gasteiger partial charge in [0.25, 0.3) is 0 Å². The maximum absolute atomic E-state index is 6.10. The molecule has 2 rings (SSSR count). The molecule has 1 aromatic carbocycles. The minimum Gasteiger partial charge on any atom is -0.399 e. The second-order valence-electron chi connectivity index (χ2n) is 3.53. The zero-order chi connectivity index (χ0) is 11.5. The smallest absolute Gasteiger partial charge is 0.132 e. The van der Waals surface area contributed by atoms with Crippen molar-refractivity contribution in [3.05, 3.63) is 47.1 Å². The van der Waals surface area contributed by atoms with Crippen LogP contribution in [0.25, 0.3) is 0 Å². The highest BCUT2D eigenvalue weighted by Crippen LogP contribution is 2.28. The van der Waals surface area contributed by atoms with Crippen LogP contribution >= 0.6 is 11.6 Å². The summed E-state index contributed by atoms with van der Waals surface area (Å²) in [5.41, 5.74) is 8.27. The van der Waals surface area contributed by atoms with Gasteiger partial charge in [0, 0.05) is 18.0 Å². The van der Waals surface area contributed by atoms with Crippen LogP contribution in [0.5, 0.6) is 0 Å². The van der Waals surface area contributed by atoms with E-state index in [0.29, 0.717) is 16.5 Å². The lowest BCUT2D eigenvalue weighted by molar-refractivity contribution is 1.30. The van der Waals surface area contributed by atoms with Crippen molar-refractivity contribution in [1.29, 1.82) is 0 Å². The molecule has 0 aliphatic rings. The van der Waals surface area contributed by atoms with Crippen molar-refractivity contribution >= 4 is 28.8 Å². The third kappa shape index (κ3) is 2.25.